The maximum absolute atomic E-state index is 9.44. The van der Waals surface area contributed by atoms with Crippen molar-refractivity contribution in [3.63, 3.8) is 0 Å². The summed E-state index contributed by atoms with van der Waals surface area (Å²) in [7, 11) is 0. The number of nitrogens with zero attached hydrogens (tertiary/aromatic N) is 3. The highest BCUT2D eigenvalue weighted by atomic mass is 16.3. The normalized spacial score (nSPS) is 23.1. The minimum atomic E-state index is -0.481. The standard InChI is InChI=1S/C14H21N3O/c1-11(18)14-5-4-13(10-15-14)17-8-6-16(7-9-17)12-2-3-12/h4-5,10-12,18H,2-3,6-9H2,1H3. The summed E-state index contributed by atoms with van der Waals surface area (Å²) >= 11 is 0. The van der Waals surface area contributed by atoms with Crippen molar-refractivity contribution in [1.29, 1.82) is 0 Å². The van der Waals surface area contributed by atoms with E-state index in [1.165, 1.54) is 31.6 Å². The Bertz CT molecular complexity index is 392. The zero-order valence-electron chi connectivity index (χ0n) is 10.9. The van der Waals surface area contributed by atoms with Gasteiger partial charge in [-0.1, -0.05) is 0 Å². The zero-order valence-corrected chi connectivity index (χ0v) is 10.9. The fourth-order valence-electron chi connectivity index (χ4n) is 2.62. The number of aromatic nitrogens is 1. The summed E-state index contributed by atoms with van der Waals surface area (Å²) in [6, 6.07) is 4.87. The number of anilines is 1. The molecular weight excluding hydrogens is 226 g/mol. The van der Waals surface area contributed by atoms with Gasteiger partial charge in [-0.25, -0.2) is 0 Å². The monoisotopic (exact) mass is 247 g/mol. The quantitative estimate of drug-likeness (QED) is 0.877. The molecule has 0 amide bonds. The molecule has 1 saturated carbocycles. The van der Waals surface area contributed by atoms with Crippen LogP contribution in [0, 0.1) is 0 Å². The molecule has 2 fully saturated rings. The minimum absolute atomic E-state index is 0.481. The Morgan fingerprint density at radius 3 is 2.44 bits per heavy atom. The van der Waals surface area contributed by atoms with Crippen LogP contribution in [0.1, 0.15) is 31.6 Å². The first-order valence-corrected chi connectivity index (χ1v) is 6.87. The average Bonchev–Trinajstić information content (AvgIpc) is 3.23. The van der Waals surface area contributed by atoms with Crippen LogP contribution < -0.4 is 4.90 Å². The van der Waals surface area contributed by atoms with Crippen molar-refractivity contribution in [3.8, 4) is 0 Å². The zero-order chi connectivity index (χ0) is 12.5. The molecule has 3 rings (SSSR count). The third-order valence-corrected chi connectivity index (χ3v) is 3.94. The van der Waals surface area contributed by atoms with Gasteiger partial charge in [0.2, 0.25) is 0 Å². The molecule has 98 valence electrons. The molecule has 4 nitrogen and oxygen atoms in total. The van der Waals surface area contributed by atoms with Gasteiger partial charge < -0.3 is 10.0 Å². The fraction of sp³-hybridized carbons (Fsp3) is 0.643. The van der Waals surface area contributed by atoms with E-state index in [1.807, 2.05) is 12.3 Å². The summed E-state index contributed by atoms with van der Waals surface area (Å²) in [5.74, 6) is 0. The Hall–Kier alpha value is -1.13. The molecule has 1 aliphatic carbocycles. The molecule has 1 aromatic rings. The van der Waals surface area contributed by atoms with Crippen LogP contribution in [-0.2, 0) is 0 Å². The molecule has 1 aromatic heterocycles. The van der Waals surface area contributed by atoms with Gasteiger partial charge in [-0.05, 0) is 31.9 Å². The Balaban J connectivity index is 1.61. The van der Waals surface area contributed by atoms with Crippen molar-refractivity contribution >= 4 is 5.69 Å². The Morgan fingerprint density at radius 1 is 1.22 bits per heavy atom. The highest BCUT2D eigenvalue weighted by molar-refractivity contribution is 5.45. The first-order chi connectivity index (χ1) is 8.74. The van der Waals surface area contributed by atoms with Gasteiger partial charge in [-0.3, -0.25) is 9.88 Å². The van der Waals surface area contributed by atoms with Gasteiger partial charge >= 0.3 is 0 Å². The third-order valence-electron chi connectivity index (χ3n) is 3.94. The lowest BCUT2D eigenvalue weighted by Gasteiger charge is -2.36. The SMILES string of the molecule is CC(O)c1ccc(N2CCN(C3CC3)CC2)cn1. The van der Waals surface area contributed by atoms with Gasteiger partial charge in [0.25, 0.3) is 0 Å². The summed E-state index contributed by atoms with van der Waals surface area (Å²) < 4.78 is 0. The molecular formula is C14H21N3O. The van der Waals surface area contributed by atoms with Crippen molar-refractivity contribution in [3.05, 3.63) is 24.0 Å². The highest BCUT2D eigenvalue weighted by Crippen LogP contribution is 2.28. The van der Waals surface area contributed by atoms with E-state index >= 15 is 0 Å². The molecule has 1 saturated heterocycles. The molecule has 1 atom stereocenters. The lowest BCUT2D eigenvalue weighted by atomic mass is 10.2. The predicted molar refractivity (Wildman–Crippen MR) is 71.7 cm³/mol. The lowest BCUT2D eigenvalue weighted by molar-refractivity contribution is 0.194. The van der Waals surface area contributed by atoms with Crippen LogP contribution in [0.2, 0.25) is 0 Å². The highest BCUT2D eigenvalue weighted by Gasteiger charge is 2.31. The van der Waals surface area contributed by atoms with Gasteiger partial charge in [-0.15, -0.1) is 0 Å². The first kappa shape index (κ1) is 11.9. The number of aliphatic hydroxyl groups is 1. The van der Waals surface area contributed by atoms with Crippen LogP contribution in [0.5, 0.6) is 0 Å². The van der Waals surface area contributed by atoms with Gasteiger partial charge in [0.1, 0.15) is 0 Å². The molecule has 2 aliphatic rings. The fourth-order valence-corrected chi connectivity index (χ4v) is 2.62. The van der Waals surface area contributed by atoms with E-state index in [1.54, 1.807) is 6.92 Å². The smallest absolute Gasteiger partial charge is 0.0931 e. The van der Waals surface area contributed by atoms with Gasteiger partial charge in [-0.2, -0.15) is 0 Å². The van der Waals surface area contributed by atoms with Crippen LogP contribution in [0.25, 0.3) is 0 Å². The lowest BCUT2D eigenvalue weighted by Crippen LogP contribution is -2.47. The number of hydrogen-bond acceptors (Lipinski definition) is 4. The molecule has 2 heterocycles. The molecule has 1 aliphatic heterocycles. The summed E-state index contributed by atoms with van der Waals surface area (Å²) in [4.78, 5) is 9.31. The molecule has 18 heavy (non-hydrogen) atoms. The first-order valence-electron chi connectivity index (χ1n) is 6.87. The maximum atomic E-state index is 9.44. The second-order valence-electron chi connectivity index (χ2n) is 5.37. The van der Waals surface area contributed by atoms with Crippen LogP contribution in [0.4, 0.5) is 5.69 Å². The molecule has 1 unspecified atom stereocenters. The number of pyridine rings is 1. The second-order valence-corrected chi connectivity index (χ2v) is 5.37. The summed E-state index contributed by atoms with van der Waals surface area (Å²) in [6.07, 6.45) is 4.19. The average molecular weight is 247 g/mol. The minimum Gasteiger partial charge on any atom is -0.387 e. The van der Waals surface area contributed by atoms with Crippen molar-refractivity contribution in [2.45, 2.75) is 31.9 Å². The number of rotatable bonds is 3. The Morgan fingerprint density at radius 2 is 1.94 bits per heavy atom. The summed E-state index contributed by atoms with van der Waals surface area (Å²) in [5.41, 5.74) is 1.92. The van der Waals surface area contributed by atoms with Gasteiger partial charge in [0.15, 0.2) is 0 Å². The van der Waals surface area contributed by atoms with Crippen LogP contribution in [-0.4, -0.2) is 47.2 Å². The number of aliphatic hydroxyl groups excluding tert-OH is 1. The van der Waals surface area contributed by atoms with E-state index in [9.17, 15) is 5.11 Å². The van der Waals surface area contributed by atoms with Crippen LogP contribution in [0.15, 0.2) is 18.3 Å². The Labute approximate surface area is 108 Å². The molecule has 0 bridgehead atoms. The molecule has 1 N–H and O–H groups in total. The maximum Gasteiger partial charge on any atom is 0.0931 e. The van der Waals surface area contributed by atoms with Crippen LogP contribution in [0.3, 0.4) is 0 Å². The molecule has 4 heteroatoms. The predicted octanol–water partition coefficient (Wildman–Crippen LogP) is 1.42. The topological polar surface area (TPSA) is 39.6 Å². The van der Waals surface area contributed by atoms with E-state index in [-0.39, 0.29) is 0 Å². The second kappa shape index (κ2) is 4.86. The van der Waals surface area contributed by atoms with Gasteiger partial charge in [0, 0.05) is 32.2 Å². The van der Waals surface area contributed by atoms with Crippen LogP contribution >= 0.6 is 0 Å². The number of hydrogen-bond donors (Lipinski definition) is 1. The van der Waals surface area contributed by atoms with E-state index in [2.05, 4.69) is 20.9 Å². The molecule has 0 spiro atoms. The van der Waals surface area contributed by atoms with E-state index < -0.39 is 6.10 Å². The van der Waals surface area contributed by atoms with E-state index in [0.29, 0.717) is 0 Å². The molecule has 0 aromatic carbocycles. The molecule has 0 radical (unpaired) electrons. The largest absolute Gasteiger partial charge is 0.387 e. The van der Waals surface area contributed by atoms with Crippen molar-refractivity contribution in [2.24, 2.45) is 0 Å². The van der Waals surface area contributed by atoms with Crippen molar-refractivity contribution in [2.75, 3.05) is 31.1 Å². The van der Waals surface area contributed by atoms with Gasteiger partial charge in [0.05, 0.1) is 23.7 Å². The van der Waals surface area contributed by atoms with Crippen molar-refractivity contribution in [1.82, 2.24) is 9.88 Å². The van der Waals surface area contributed by atoms with Crippen molar-refractivity contribution < 1.29 is 5.11 Å². The summed E-state index contributed by atoms with van der Waals surface area (Å²) in [6.45, 7) is 6.26. The van der Waals surface area contributed by atoms with E-state index in [0.717, 1.165) is 24.8 Å². The Kier molecular flexibility index (Phi) is 3.22. The summed E-state index contributed by atoms with van der Waals surface area (Å²) in [5, 5.41) is 9.44. The third kappa shape index (κ3) is 2.49. The number of piperazine rings is 1. The van der Waals surface area contributed by atoms with E-state index in [4.69, 9.17) is 0 Å².